The predicted octanol–water partition coefficient (Wildman–Crippen LogP) is 0.682. The maximum atomic E-state index is 12.0. The summed E-state index contributed by atoms with van der Waals surface area (Å²) < 4.78 is 0. The number of amides is 1. The van der Waals surface area contributed by atoms with Gasteiger partial charge in [0.05, 0.1) is 0 Å². The van der Waals surface area contributed by atoms with Crippen LogP contribution in [0.2, 0.25) is 0 Å². The highest BCUT2D eigenvalue weighted by Gasteiger charge is 2.22. The number of nitrogens with one attached hydrogen (secondary N) is 2. The number of piperidine rings is 1. The highest BCUT2D eigenvalue weighted by molar-refractivity contribution is 7.99. The van der Waals surface area contributed by atoms with Gasteiger partial charge in [-0.2, -0.15) is 11.8 Å². The molecule has 18 heavy (non-hydrogen) atoms. The average molecular weight is 271 g/mol. The fourth-order valence-corrected chi connectivity index (χ4v) is 3.60. The van der Waals surface area contributed by atoms with Crippen LogP contribution in [-0.4, -0.2) is 60.6 Å². The molecule has 0 radical (unpaired) electrons. The van der Waals surface area contributed by atoms with Gasteiger partial charge in [-0.05, 0) is 19.4 Å². The molecule has 2 aliphatic heterocycles. The Kier molecular flexibility index (Phi) is 5.79. The van der Waals surface area contributed by atoms with Gasteiger partial charge < -0.3 is 15.5 Å². The maximum Gasteiger partial charge on any atom is 0.221 e. The van der Waals surface area contributed by atoms with Crippen LogP contribution in [0.5, 0.6) is 0 Å². The first-order valence-corrected chi connectivity index (χ1v) is 8.26. The van der Waals surface area contributed by atoms with Crippen LogP contribution in [0.3, 0.4) is 0 Å². The lowest BCUT2D eigenvalue weighted by Gasteiger charge is -2.32. The minimum Gasteiger partial charge on any atom is -0.353 e. The third-order valence-corrected chi connectivity index (χ3v) is 4.96. The predicted molar refractivity (Wildman–Crippen MR) is 77.0 cm³/mol. The zero-order valence-corrected chi connectivity index (χ0v) is 12.1. The molecule has 2 heterocycles. The molecule has 0 spiro atoms. The largest absolute Gasteiger partial charge is 0.353 e. The highest BCUT2D eigenvalue weighted by atomic mass is 32.2. The van der Waals surface area contributed by atoms with Crippen molar-refractivity contribution >= 4 is 17.7 Å². The lowest BCUT2D eigenvalue weighted by Crippen LogP contribution is -2.47. The van der Waals surface area contributed by atoms with Crippen molar-refractivity contribution in [2.24, 2.45) is 0 Å². The Bertz CT molecular complexity index is 261. The van der Waals surface area contributed by atoms with E-state index in [4.69, 9.17) is 0 Å². The molecule has 1 atom stereocenters. The van der Waals surface area contributed by atoms with Crippen molar-refractivity contribution < 1.29 is 4.79 Å². The molecule has 1 unspecified atom stereocenters. The summed E-state index contributed by atoms with van der Waals surface area (Å²) in [6.45, 7) is 6.62. The molecule has 4 nitrogen and oxygen atoms in total. The van der Waals surface area contributed by atoms with Crippen molar-refractivity contribution in [3.8, 4) is 0 Å². The van der Waals surface area contributed by atoms with E-state index < -0.39 is 0 Å². The maximum absolute atomic E-state index is 12.0. The van der Waals surface area contributed by atoms with Crippen LogP contribution < -0.4 is 10.6 Å². The number of hydrogen-bond donors (Lipinski definition) is 2. The standard InChI is InChI=1S/C13H25N3OS/c1-2-16-6-3-11(4-7-16)15-13(17)9-12-10-18-8-5-14-12/h11-12,14H,2-10H2,1H3,(H,15,17). The van der Waals surface area contributed by atoms with E-state index in [0.29, 0.717) is 18.5 Å². The number of thioether (sulfide) groups is 1. The SMILES string of the molecule is CCN1CCC(NC(=O)CC2CSCCN2)CC1. The second-order valence-corrected chi connectivity index (χ2v) is 6.36. The van der Waals surface area contributed by atoms with Crippen LogP contribution in [0.4, 0.5) is 0 Å². The molecule has 0 saturated carbocycles. The van der Waals surface area contributed by atoms with Crippen LogP contribution >= 0.6 is 11.8 Å². The van der Waals surface area contributed by atoms with Gasteiger partial charge in [0.2, 0.25) is 5.91 Å². The number of hydrogen-bond acceptors (Lipinski definition) is 4. The normalized spacial score (nSPS) is 27.1. The van der Waals surface area contributed by atoms with Crippen molar-refractivity contribution in [3.05, 3.63) is 0 Å². The summed E-state index contributed by atoms with van der Waals surface area (Å²) in [5, 5.41) is 6.61. The number of carbonyl (C=O) groups excluding carboxylic acids is 1. The third-order valence-electron chi connectivity index (χ3n) is 3.83. The van der Waals surface area contributed by atoms with Gasteiger partial charge in [0.1, 0.15) is 0 Å². The molecule has 0 aromatic heterocycles. The minimum atomic E-state index is 0.227. The van der Waals surface area contributed by atoms with Crippen LogP contribution in [0.25, 0.3) is 0 Å². The van der Waals surface area contributed by atoms with E-state index in [0.717, 1.165) is 44.8 Å². The molecule has 0 aliphatic carbocycles. The molecule has 2 rings (SSSR count). The first kappa shape index (κ1) is 14.2. The van der Waals surface area contributed by atoms with Gasteiger partial charge in [-0.1, -0.05) is 6.92 Å². The summed E-state index contributed by atoms with van der Waals surface area (Å²) in [4.78, 5) is 14.4. The van der Waals surface area contributed by atoms with Crippen LogP contribution in [0.15, 0.2) is 0 Å². The molecule has 5 heteroatoms. The molecule has 2 fully saturated rings. The average Bonchev–Trinajstić information content (AvgIpc) is 2.40. The molecule has 0 aromatic rings. The van der Waals surface area contributed by atoms with Crippen LogP contribution in [0.1, 0.15) is 26.2 Å². The van der Waals surface area contributed by atoms with E-state index in [-0.39, 0.29) is 5.91 Å². The van der Waals surface area contributed by atoms with Gasteiger partial charge in [0.25, 0.3) is 0 Å². The summed E-state index contributed by atoms with van der Waals surface area (Å²) in [5.41, 5.74) is 0. The van der Waals surface area contributed by atoms with E-state index in [2.05, 4.69) is 22.5 Å². The van der Waals surface area contributed by atoms with Crippen molar-refractivity contribution in [1.29, 1.82) is 0 Å². The van der Waals surface area contributed by atoms with E-state index in [1.54, 1.807) is 0 Å². The molecule has 2 saturated heterocycles. The minimum absolute atomic E-state index is 0.227. The van der Waals surface area contributed by atoms with Gasteiger partial charge >= 0.3 is 0 Å². The Morgan fingerprint density at radius 2 is 2.22 bits per heavy atom. The Labute approximate surface area is 114 Å². The van der Waals surface area contributed by atoms with E-state index in [9.17, 15) is 4.79 Å². The Balaban J connectivity index is 1.65. The molecule has 104 valence electrons. The zero-order valence-electron chi connectivity index (χ0n) is 11.3. The van der Waals surface area contributed by atoms with Crippen molar-refractivity contribution in [2.45, 2.75) is 38.3 Å². The number of carbonyl (C=O) groups is 1. The van der Waals surface area contributed by atoms with Gasteiger partial charge in [0.15, 0.2) is 0 Å². The molecule has 2 aliphatic rings. The van der Waals surface area contributed by atoms with Crippen molar-refractivity contribution in [2.75, 3.05) is 37.7 Å². The quantitative estimate of drug-likeness (QED) is 0.789. The lowest BCUT2D eigenvalue weighted by molar-refractivity contribution is -0.122. The van der Waals surface area contributed by atoms with Gasteiger partial charge in [-0.25, -0.2) is 0 Å². The summed E-state index contributed by atoms with van der Waals surface area (Å²) in [6.07, 6.45) is 2.85. The Morgan fingerprint density at radius 1 is 1.44 bits per heavy atom. The van der Waals surface area contributed by atoms with Crippen molar-refractivity contribution in [1.82, 2.24) is 15.5 Å². The van der Waals surface area contributed by atoms with Crippen LogP contribution in [0, 0.1) is 0 Å². The lowest BCUT2D eigenvalue weighted by atomic mass is 10.0. The molecule has 2 N–H and O–H groups in total. The highest BCUT2D eigenvalue weighted by Crippen LogP contribution is 2.12. The summed E-state index contributed by atoms with van der Waals surface area (Å²) in [7, 11) is 0. The third kappa shape index (κ3) is 4.44. The number of rotatable bonds is 4. The first-order valence-electron chi connectivity index (χ1n) is 7.10. The van der Waals surface area contributed by atoms with Gasteiger partial charge in [-0.15, -0.1) is 0 Å². The number of nitrogens with zero attached hydrogens (tertiary/aromatic N) is 1. The number of likely N-dealkylation sites (tertiary alicyclic amines) is 1. The van der Waals surface area contributed by atoms with Gasteiger partial charge in [-0.3, -0.25) is 4.79 Å². The summed E-state index contributed by atoms with van der Waals surface area (Å²) >= 11 is 1.95. The Morgan fingerprint density at radius 3 is 2.83 bits per heavy atom. The monoisotopic (exact) mass is 271 g/mol. The smallest absolute Gasteiger partial charge is 0.221 e. The summed E-state index contributed by atoms with van der Waals surface area (Å²) in [6, 6.07) is 0.774. The van der Waals surface area contributed by atoms with E-state index in [1.807, 2.05) is 11.8 Å². The molecular formula is C13H25N3OS. The fraction of sp³-hybridized carbons (Fsp3) is 0.923. The molecule has 1 amide bonds. The molecule has 0 aromatic carbocycles. The second-order valence-electron chi connectivity index (χ2n) is 5.21. The van der Waals surface area contributed by atoms with Crippen molar-refractivity contribution in [3.63, 3.8) is 0 Å². The van der Waals surface area contributed by atoms with E-state index in [1.165, 1.54) is 5.75 Å². The fourth-order valence-electron chi connectivity index (χ4n) is 2.65. The van der Waals surface area contributed by atoms with E-state index >= 15 is 0 Å². The second kappa shape index (κ2) is 7.36. The first-order chi connectivity index (χ1) is 8.78. The summed E-state index contributed by atoms with van der Waals surface area (Å²) in [5.74, 6) is 2.47. The Hall–Kier alpha value is -0.260. The van der Waals surface area contributed by atoms with Gasteiger partial charge in [0, 0.05) is 49.6 Å². The van der Waals surface area contributed by atoms with Crippen LogP contribution in [-0.2, 0) is 4.79 Å². The topological polar surface area (TPSA) is 44.4 Å². The molecule has 0 bridgehead atoms. The molecular weight excluding hydrogens is 246 g/mol. The zero-order chi connectivity index (χ0) is 12.8.